The number of carbonyl (C=O) groups excluding carboxylic acids is 1. The van der Waals surface area contributed by atoms with Gasteiger partial charge in [-0.3, -0.25) is 9.10 Å². The molecule has 0 aromatic heterocycles. The fourth-order valence-electron chi connectivity index (χ4n) is 3.05. The molecule has 0 unspecified atom stereocenters. The summed E-state index contributed by atoms with van der Waals surface area (Å²) in [5.74, 6) is -0.259. The molecule has 3 aromatic carbocycles. The molecule has 7 heteroatoms. The molecule has 3 rings (SSSR count). The maximum Gasteiger partial charge on any atom is 0.255 e. The minimum Gasteiger partial charge on any atom is -0.322 e. The first-order chi connectivity index (χ1) is 14.1. The van der Waals surface area contributed by atoms with Crippen molar-refractivity contribution in [3.05, 3.63) is 94.0 Å². The predicted octanol–water partition coefficient (Wildman–Crippen LogP) is 5.18. The van der Waals surface area contributed by atoms with E-state index in [1.807, 2.05) is 32.0 Å². The van der Waals surface area contributed by atoms with Crippen molar-refractivity contribution in [3.63, 3.8) is 0 Å². The highest BCUT2D eigenvalue weighted by atomic mass is 35.5. The topological polar surface area (TPSA) is 66.5 Å². The van der Waals surface area contributed by atoms with Crippen LogP contribution in [0.25, 0.3) is 0 Å². The van der Waals surface area contributed by atoms with Crippen molar-refractivity contribution in [2.75, 3.05) is 15.9 Å². The van der Waals surface area contributed by atoms with Gasteiger partial charge in [-0.25, -0.2) is 8.42 Å². The summed E-state index contributed by atoms with van der Waals surface area (Å²) in [5.41, 5.74) is 4.28. The van der Waals surface area contributed by atoms with Crippen LogP contribution in [0.5, 0.6) is 0 Å². The molecule has 0 atom stereocenters. The number of aryl methyl sites for hydroxylation is 1. The van der Waals surface area contributed by atoms with Crippen molar-refractivity contribution < 1.29 is 13.2 Å². The Morgan fingerprint density at radius 1 is 1.00 bits per heavy atom. The van der Waals surface area contributed by atoms with E-state index in [2.05, 4.69) is 5.32 Å². The Morgan fingerprint density at radius 2 is 1.67 bits per heavy atom. The Morgan fingerprint density at radius 3 is 2.30 bits per heavy atom. The minimum absolute atomic E-state index is 0.178. The highest BCUT2D eigenvalue weighted by Gasteiger charge is 2.18. The first-order valence-electron chi connectivity index (χ1n) is 9.35. The number of nitrogens with zero attached hydrogens (tertiary/aromatic N) is 1. The third-order valence-electron chi connectivity index (χ3n) is 4.75. The van der Waals surface area contributed by atoms with Gasteiger partial charge in [-0.15, -0.1) is 0 Å². The van der Waals surface area contributed by atoms with E-state index in [0.717, 1.165) is 16.7 Å². The van der Waals surface area contributed by atoms with Crippen LogP contribution in [-0.2, 0) is 16.6 Å². The lowest BCUT2D eigenvalue weighted by Crippen LogP contribution is -2.29. The zero-order valence-electron chi connectivity index (χ0n) is 17.0. The van der Waals surface area contributed by atoms with Crippen LogP contribution in [0.2, 0.25) is 5.02 Å². The number of sulfonamides is 1. The molecular weight excluding hydrogens is 420 g/mol. The van der Waals surface area contributed by atoms with Crippen LogP contribution < -0.4 is 9.62 Å². The van der Waals surface area contributed by atoms with E-state index in [1.165, 1.54) is 10.6 Å². The number of hydrogen-bond donors (Lipinski definition) is 1. The standard InChI is InChI=1S/C23H23ClN2O3S/c1-16-6-4-7-20(14-16)26(30(3,28)29)15-18-10-12-19(13-11-18)23(27)25-22-9-5-8-21(24)17(22)2/h4-14H,15H2,1-3H3,(H,25,27). The van der Waals surface area contributed by atoms with E-state index in [-0.39, 0.29) is 12.5 Å². The zero-order chi connectivity index (χ0) is 21.9. The molecule has 1 N–H and O–H groups in total. The van der Waals surface area contributed by atoms with Crippen LogP contribution in [0.4, 0.5) is 11.4 Å². The molecule has 1 amide bonds. The summed E-state index contributed by atoms with van der Waals surface area (Å²) >= 11 is 6.10. The van der Waals surface area contributed by atoms with E-state index >= 15 is 0 Å². The quantitative estimate of drug-likeness (QED) is 0.572. The number of halogens is 1. The molecule has 0 aliphatic heterocycles. The Kier molecular flexibility index (Phi) is 6.48. The molecule has 3 aromatic rings. The molecule has 0 saturated carbocycles. The van der Waals surface area contributed by atoms with E-state index in [1.54, 1.807) is 48.5 Å². The Balaban J connectivity index is 1.78. The first kappa shape index (κ1) is 21.9. The predicted molar refractivity (Wildman–Crippen MR) is 123 cm³/mol. The molecule has 0 aliphatic carbocycles. The van der Waals surface area contributed by atoms with Crippen LogP contribution in [-0.4, -0.2) is 20.6 Å². The summed E-state index contributed by atoms with van der Waals surface area (Å²) in [6, 6.07) is 19.6. The van der Waals surface area contributed by atoms with Crippen molar-refractivity contribution in [2.45, 2.75) is 20.4 Å². The summed E-state index contributed by atoms with van der Waals surface area (Å²) in [7, 11) is -3.47. The molecular formula is C23H23ClN2O3S. The third-order valence-corrected chi connectivity index (χ3v) is 6.30. The number of rotatable bonds is 6. The summed E-state index contributed by atoms with van der Waals surface area (Å²) in [4.78, 5) is 12.6. The lowest BCUT2D eigenvalue weighted by atomic mass is 10.1. The summed E-state index contributed by atoms with van der Waals surface area (Å²) in [5, 5.41) is 3.44. The summed E-state index contributed by atoms with van der Waals surface area (Å²) < 4.78 is 26.0. The fraction of sp³-hybridized carbons (Fsp3) is 0.174. The molecule has 0 bridgehead atoms. The molecule has 0 radical (unpaired) electrons. The van der Waals surface area contributed by atoms with Gasteiger partial charge in [0.1, 0.15) is 0 Å². The van der Waals surface area contributed by atoms with Gasteiger partial charge in [0, 0.05) is 16.3 Å². The smallest absolute Gasteiger partial charge is 0.255 e. The monoisotopic (exact) mass is 442 g/mol. The van der Waals surface area contributed by atoms with Gasteiger partial charge in [0.15, 0.2) is 0 Å². The number of hydrogen-bond acceptors (Lipinski definition) is 3. The summed E-state index contributed by atoms with van der Waals surface area (Å²) in [6.07, 6.45) is 1.18. The number of nitrogens with one attached hydrogen (secondary N) is 1. The molecule has 30 heavy (non-hydrogen) atoms. The second kappa shape index (κ2) is 8.90. The highest BCUT2D eigenvalue weighted by molar-refractivity contribution is 7.92. The maximum absolute atomic E-state index is 12.6. The van der Waals surface area contributed by atoms with E-state index in [0.29, 0.717) is 22.0 Å². The molecule has 0 saturated heterocycles. The molecule has 0 aliphatic rings. The van der Waals surface area contributed by atoms with E-state index in [4.69, 9.17) is 11.6 Å². The number of amides is 1. The normalized spacial score (nSPS) is 11.2. The van der Waals surface area contributed by atoms with Gasteiger partial charge < -0.3 is 5.32 Å². The second-order valence-electron chi connectivity index (χ2n) is 7.17. The van der Waals surface area contributed by atoms with E-state index in [9.17, 15) is 13.2 Å². The Bertz CT molecular complexity index is 1180. The Hall–Kier alpha value is -2.83. The van der Waals surface area contributed by atoms with Crippen molar-refractivity contribution in [2.24, 2.45) is 0 Å². The van der Waals surface area contributed by atoms with Crippen LogP contribution in [0.3, 0.4) is 0 Å². The number of anilines is 2. The van der Waals surface area contributed by atoms with Gasteiger partial charge in [0.2, 0.25) is 10.0 Å². The van der Waals surface area contributed by atoms with Crippen molar-refractivity contribution in [1.82, 2.24) is 0 Å². The minimum atomic E-state index is -3.47. The second-order valence-corrected chi connectivity index (χ2v) is 9.49. The van der Waals surface area contributed by atoms with Gasteiger partial charge in [-0.1, -0.05) is 41.9 Å². The average Bonchev–Trinajstić information content (AvgIpc) is 2.69. The number of carbonyl (C=O) groups is 1. The molecule has 5 nitrogen and oxygen atoms in total. The van der Waals surface area contributed by atoms with Crippen LogP contribution in [0, 0.1) is 13.8 Å². The molecule has 0 heterocycles. The Labute approximate surface area is 182 Å². The van der Waals surface area contributed by atoms with Gasteiger partial charge in [-0.2, -0.15) is 0 Å². The highest BCUT2D eigenvalue weighted by Crippen LogP contribution is 2.24. The van der Waals surface area contributed by atoms with Crippen molar-refractivity contribution in [3.8, 4) is 0 Å². The molecule has 0 fully saturated rings. The van der Waals surface area contributed by atoms with Gasteiger partial charge in [0.25, 0.3) is 5.91 Å². The lowest BCUT2D eigenvalue weighted by Gasteiger charge is -2.23. The summed E-state index contributed by atoms with van der Waals surface area (Å²) in [6.45, 7) is 3.93. The first-order valence-corrected chi connectivity index (χ1v) is 11.6. The van der Waals surface area contributed by atoms with Crippen LogP contribution >= 0.6 is 11.6 Å². The largest absolute Gasteiger partial charge is 0.322 e. The van der Waals surface area contributed by atoms with Crippen LogP contribution in [0.15, 0.2) is 66.7 Å². The van der Waals surface area contributed by atoms with Gasteiger partial charge >= 0.3 is 0 Å². The number of benzene rings is 3. The molecule has 156 valence electrons. The van der Waals surface area contributed by atoms with E-state index < -0.39 is 10.0 Å². The van der Waals surface area contributed by atoms with Crippen molar-refractivity contribution >= 4 is 38.9 Å². The SMILES string of the molecule is Cc1cccc(N(Cc2ccc(C(=O)Nc3cccc(Cl)c3C)cc2)S(C)(=O)=O)c1. The average molecular weight is 443 g/mol. The maximum atomic E-state index is 12.6. The molecule has 0 spiro atoms. The zero-order valence-corrected chi connectivity index (χ0v) is 18.6. The van der Waals surface area contributed by atoms with Crippen LogP contribution in [0.1, 0.15) is 27.0 Å². The third kappa shape index (κ3) is 5.20. The fourth-order valence-corrected chi connectivity index (χ4v) is 4.10. The van der Waals surface area contributed by atoms with Gasteiger partial charge in [-0.05, 0) is 66.9 Å². The van der Waals surface area contributed by atoms with Crippen molar-refractivity contribution in [1.29, 1.82) is 0 Å². The lowest BCUT2D eigenvalue weighted by molar-refractivity contribution is 0.102. The van der Waals surface area contributed by atoms with Gasteiger partial charge in [0.05, 0.1) is 18.5 Å².